The average Bonchev–Trinajstić information content (AvgIpc) is 3.15. The van der Waals surface area contributed by atoms with Crippen LogP contribution < -0.4 is 9.47 Å². The number of carbonyl (C=O) groups is 1. The van der Waals surface area contributed by atoms with E-state index in [1.807, 2.05) is 19.9 Å². The third-order valence-corrected chi connectivity index (χ3v) is 3.22. The number of hydrogen-bond donors (Lipinski definition) is 0. The third-order valence-electron chi connectivity index (χ3n) is 3.22. The Bertz CT molecular complexity index is 489. The smallest absolute Gasteiger partial charge is 0.308 e. The molecule has 1 fully saturated rings. The normalized spacial score (nSPS) is 17.2. The Kier molecular flexibility index (Phi) is 4.10. The molecule has 1 aliphatic rings. The van der Waals surface area contributed by atoms with Crippen molar-refractivity contribution in [3.05, 3.63) is 22.8 Å². The van der Waals surface area contributed by atoms with Gasteiger partial charge in [-0.1, -0.05) is 6.92 Å². The van der Waals surface area contributed by atoms with E-state index in [1.54, 1.807) is 0 Å². The van der Waals surface area contributed by atoms with E-state index in [0.29, 0.717) is 12.4 Å². The zero-order valence-corrected chi connectivity index (χ0v) is 11.9. The molecule has 104 valence electrons. The Morgan fingerprint density at radius 1 is 1.47 bits per heavy atom. The first-order chi connectivity index (χ1) is 9.02. The number of benzene rings is 1. The number of aryl methyl sites for hydroxylation is 1. The van der Waals surface area contributed by atoms with Crippen LogP contribution in [0.1, 0.15) is 30.5 Å². The second-order valence-electron chi connectivity index (χ2n) is 4.84. The molecule has 1 saturated heterocycles. The van der Waals surface area contributed by atoms with Gasteiger partial charge in [-0.25, -0.2) is 0 Å². The number of rotatable bonds is 5. The molecular weight excluding hydrogens is 244 g/mol. The molecule has 0 radical (unpaired) electrons. The number of esters is 1. The fraction of sp³-hybridized carbons (Fsp3) is 0.533. The molecular formula is C15H20O4. The topological polar surface area (TPSA) is 48.1 Å². The van der Waals surface area contributed by atoms with Gasteiger partial charge in [-0.3, -0.25) is 4.79 Å². The van der Waals surface area contributed by atoms with Crippen LogP contribution >= 0.6 is 0 Å². The maximum Gasteiger partial charge on any atom is 0.308 e. The summed E-state index contributed by atoms with van der Waals surface area (Å²) in [6, 6.07) is 1.94. The number of carbonyl (C=O) groups excluding carboxylic acids is 1. The lowest BCUT2D eigenvalue weighted by Gasteiger charge is -2.17. The molecule has 1 atom stereocenters. The molecule has 4 heteroatoms. The molecule has 1 aromatic carbocycles. The van der Waals surface area contributed by atoms with Gasteiger partial charge in [0.1, 0.15) is 24.2 Å². The number of ether oxygens (including phenoxy) is 3. The quantitative estimate of drug-likeness (QED) is 0.466. The van der Waals surface area contributed by atoms with Crippen LogP contribution in [0, 0.1) is 13.8 Å². The molecule has 1 aliphatic heterocycles. The summed E-state index contributed by atoms with van der Waals surface area (Å²) in [5.41, 5.74) is 2.98. The predicted octanol–water partition coefficient (Wildman–Crippen LogP) is 2.57. The fourth-order valence-corrected chi connectivity index (χ4v) is 2.18. The highest BCUT2D eigenvalue weighted by molar-refractivity contribution is 5.71. The summed E-state index contributed by atoms with van der Waals surface area (Å²) in [7, 11) is 0. The fourth-order valence-electron chi connectivity index (χ4n) is 2.18. The zero-order chi connectivity index (χ0) is 14.0. The summed E-state index contributed by atoms with van der Waals surface area (Å²) in [6.07, 6.45) is 1.07. The molecule has 0 aliphatic carbocycles. The summed E-state index contributed by atoms with van der Waals surface area (Å²) < 4.78 is 16.2. The lowest BCUT2D eigenvalue weighted by Crippen LogP contribution is -2.10. The molecule has 2 rings (SSSR count). The van der Waals surface area contributed by atoms with E-state index < -0.39 is 0 Å². The van der Waals surface area contributed by atoms with Crippen molar-refractivity contribution in [3.63, 3.8) is 0 Å². The Labute approximate surface area is 113 Å². The van der Waals surface area contributed by atoms with Gasteiger partial charge in [-0.15, -0.1) is 0 Å². The number of epoxide rings is 1. The second-order valence-corrected chi connectivity index (χ2v) is 4.84. The highest BCUT2D eigenvalue weighted by Gasteiger charge is 2.24. The second kappa shape index (κ2) is 5.61. The monoisotopic (exact) mass is 264 g/mol. The van der Waals surface area contributed by atoms with Gasteiger partial charge >= 0.3 is 5.97 Å². The van der Waals surface area contributed by atoms with Crippen LogP contribution in [0.25, 0.3) is 0 Å². The van der Waals surface area contributed by atoms with Crippen LogP contribution in [0.3, 0.4) is 0 Å². The molecule has 0 unspecified atom stereocenters. The summed E-state index contributed by atoms with van der Waals surface area (Å²) in [6.45, 7) is 8.73. The van der Waals surface area contributed by atoms with E-state index in [4.69, 9.17) is 14.2 Å². The van der Waals surface area contributed by atoms with Crippen LogP contribution in [0.5, 0.6) is 11.5 Å². The van der Waals surface area contributed by atoms with Gasteiger partial charge < -0.3 is 14.2 Å². The lowest BCUT2D eigenvalue weighted by atomic mass is 10.0. The van der Waals surface area contributed by atoms with Crippen molar-refractivity contribution in [3.8, 4) is 11.5 Å². The first-order valence-corrected chi connectivity index (χ1v) is 6.58. The molecule has 1 aromatic rings. The Hall–Kier alpha value is -1.55. The van der Waals surface area contributed by atoms with E-state index >= 15 is 0 Å². The van der Waals surface area contributed by atoms with Crippen molar-refractivity contribution < 1.29 is 19.0 Å². The van der Waals surface area contributed by atoms with Gasteiger partial charge in [0.2, 0.25) is 0 Å². The standard InChI is InChI=1S/C15H20O4/c1-5-13-10(3)15(19-11(4)16)9(2)6-14(13)18-8-12-7-17-12/h6,12H,5,7-8H2,1-4H3/t12-/m1/s1. The SMILES string of the molecule is CCc1c(OC[C@H]2CO2)cc(C)c(OC(C)=O)c1C. The highest BCUT2D eigenvalue weighted by Crippen LogP contribution is 2.34. The molecule has 4 nitrogen and oxygen atoms in total. The van der Waals surface area contributed by atoms with Crippen molar-refractivity contribution >= 4 is 5.97 Å². The molecule has 0 N–H and O–H groups in total. The maximum absolute atomic E-state index is 11.2. The lowest BCUT2D eigenvalue weighted by molar-refractivity contribution is -0.131. The summed E-state index contributed by atoms with van der Waals surface area (Å²) in [5, 5.41) is 0. The van der Waals surface area contributed by atoms with Crippen molar-refractivity contribution in [2.24, 2.45) is 0 Å². The van der Waals surface area contributed by atoms with Crippen LogP contribution in [0.15, 0.2) is 6.07 Å². The van der Waals surface area contributed by atoms with E-state index in [-0.39, 0.29) is 12.1 Å². The zero-order valence-electron chi connectivity index (χ0n) is 11.9. The first kappa shape index (κ1) is 13.9. The Morgan fingerprint density at radius 3 is 2.68 bits per heavy atom. The molecule has 0 amide bonds. The van der Waals surface area contributed by atoms with Crippen molar-refractivity contribution in [2.75, 3.05) is 13.2 Å². The van der Waals surface area contributed by atoms with Crippen LogP contribution in [-0.2, 0) is 16.0 Å². The third kappa shape index (κ3) is 3.26. The van der Waals surface area contributed by atoms with Gasteiger partial charge in [0.15, 0.2) is 0 Å². The average molecular weight is 264 g/mol. The molecule has 1 heterocycles. The van der Waals surface area contributed by atoms with E-state index in [2.05, 4.69) is 6.92 Å². The predicted molar refractivity (Wildman–Crippen MR) is 71.8 cm³/mol. The minimum Gasteiger partial charge on any atom is -0.490 e. The minimum absolute atomic E-state index is 0.235. The largest absolute Gasteiger partial charge is 0.490 e. The first-order valence-electron chi connectivity index (χ1n) is 6.58. The van der Waals surface area contributed by atoms with Gasteiger partial charge in [-0.2, -0.15) is 0 Å². The Morgan fingerprint density at radius 2 is 2.16 bits per heavy atom. The highest BCUT2D eigenvalue weighted by atomic mass is 16.6. The van der Waals surface area contributed by atoms with E-state index in [0.717, 1.165) is 35.5 Å². The van der Waals surface area contributed by atoms with Crippen molar-refractivity contribution in [1.82, 2.24) is 0 Å². The van der Waals surface area contributed by atoms with Crippen molar-refractivity contribution in [2.45, 2.75) is 40.2 Å². The van der Waals surface area contributed by atoms with Gasteiger partial charge in [0.25, 0.3) is 0 Å². The van der Waals surface area contributed by atoms with Crippen LogP contribution in [0.4, 0.5) is 0 Å². The van der Waals surface area contributed by atoms with Crippen LogP contribution in [0.2, 0.25) is 0 Å². The maximum atomic E-state index is 11.2. The van der Waals surface area contributed by atoms with E-state index in [9.17, 15) is 4.79 Å². The molecule has 19 heavy (non-hydrogen) atoms. The number of hydrogen-bond acceptors (Lipinski definition) is 4. The molecule has 0 aromatic heterocycles. The molecule has 0 spiro atoms. The Balaban J connectivity index is 2.30. The minimum atomic E-state index is -0.298. The molecule has 0 bridgehead atoms. The summed E-state index contributed by atoms with van der Waals surface area (Å²) in [5.74, 6) is 1.22. The van der Waals surface area contributed by atoms with Crippen LogP contribution in [-0.4, -0.2) is 25.3 Å². The van der Waals surface area contributed by atoms with Gasteiger partial charge in [-0.05, 0) is 37.5 Å². The van der Waals surface area contributed by atoms with Crippen molar-refractivity contribution in [1.29, 1.82) is 0 Å². The summed E-state index contributed by atoms with van der Waals surface area (Å²) in [4.78, 5) is 11.2. The molecule has 0 saturated carbocycles. The summed E-state index contributed by atoms with van der Waals surface area (Å²) >= 11 is 0. The van der Waals surface area contributed by atoms with E-state index in [1.165, 1.54) is 6.92 Å². The van der Waals surface area contributed by atoms with Gasteiger partial charge in [0, 0.05) is 12.5 Å². The van der Waals surface area contributed by atoms with Gasteiger partial charge in [0.05, 0.1) is 6.61 Å².